The van der Waals surface area contributed by atoms with Gasteiger partial charge in [0.2, 0.25) is 0 Å². The quantitative estimate of drug-likeness (QED) is 0.620. The number of benzene rings is 2. The standard InChI is InChI=1S/C22H24N2O5S/c1-13-16(20(26)17-12-23-24(21(17)27)22(2,3)4)10-11-18(30(5,28)29)19(13)14-6-8-15(25)9-7-14/h6-12,23,25H,1-5H3. The lowest BCUT2D eigenvalue weighted by molar-refractivity contribution is 0.103. The summed E-state index contributed by atoms with van der Waals surface area (Å²) in [5.41, 5.74) is 0.611. The van der Waals surface area contributed by atoms with Crippen molar-refractivity contribution in [3.63, 3.8) is 0 Å². The smallest absolute Gasteiger partial charge is 0.278 e. The Bertz CT molecular complexity index is 1290. The first kappa shape index (κ1) is 21.6. The molecule has 0 aliphatic carbocycles. The third-order valence-corrected chi connectivity index (χ3v) is 6.05. The van der Waals surface area contributed by atoms with Crippen molar-refractivity contribution in [2.45, 2.75) is 38.1 Å². The van der Waals surface area contributed by atoms with E-state index < -0.39 is 26.7 Å². The third kappa shape index (κ3) is 3.82. The highest BCUT2D eigenvalue weighted by molar-refractivity contribution is 7.90. The number of aromatic nitrogens is 2. The minimum Gasteiger partial charge on any atom is -0.508 e. The van der Waals surface area contributed by atoms with E-state index in [0.717, 1.165) is 6.26 Å². The van der Waals surface area contributed by atoms with Crippen molar-refractivity contribution in [2.24, 2.45) is 0 Å². The lowest BCUT2D eigenvalue weighted by Gasteiger charge is -2.18. The first-order valence-electron chi connectivity index (χ1n) is 9.31. The number of ketones is 1. The van der Waals surface area contributed by atoms with Gasteiger partial charge in [-0.25, -0.2) is 13.1 Å². The molecule has 0 fully saturated rings. The molecule has 1 heterocycles. The number of nitrogens with one attached hydrogen (secondary N) is 1. The molecule has 0 saturated carbocycles. The summed E-state index contributed by atoms with van der Waals surface area (Å²) in [7, 11) is -3.59. The van der Waals surface area contributed by atoms with E-state index in [1.807, 2.05) is 20.8 Å². The number of carbonyl (C=O) groups is 1. The molecule has 0 spiro atoms. The number of H-pyrrole nitrogens is 1. The van der Waals surface area contributed by atoms with Crippen LogP contribution >= 0.6 is 0 Å². The Kier molecular flexibility index (Phi) is 5.24. The van der Waals surface area contributed by atoms with Gasteiger partial charge in [-0.15, -0.1) is 0 Å². The van der Waals surface area contributed by atoms with Gasteiger partial charge in [-0.1, -0.05) is 12.1 Å². The minimum atomic E-state index is -3.59. The van der Waals surface area contributed by atoms with E-state index >= 15 is 0 Å². The number of phenolic OH excluding ortho intramolecular Hbond substituents is 1. The number of sulfone groups is 1. The average Bonchev–Trinajstić information content (AvgIpc) is 3.03. The van der Waals surface area contributed by atoms with E-state index in [0.29, 0.717) is 16.7 Å². The number of nitrogens with zero attached hydrogens (tertiary/aromatic N) is 1. The zero-order valence-corrected chi connectivity index (χ0v) is 18.3. The van der Waals surface area contributed by atoms with Crippen LogP contribution in [0.2, 0.25) is 0 Å². The van der Waals surface area contributed by atoms with E-state index in [2.05, 4.69) is 5.10 Å². The minimum absolute atomic E-state index is 0.0169. The Hall–Kier alpha value is -3.13. The Balaban J connectivity index is 2.24. The van der Waals surface area contributed by atoms with E-state index in [-0.39, 0.29) is 21.8 Å². The van der Waals surface area contributed by atoms with Crippen molar-refractivity contribution in [3.05, 3.63) is 69.6 Å². The summed E-state index contributed by atoms with van der Waals surface area (Å²) < 4.78 is 26.1. The first-order chi connectivity index (χ1) is 13.8. The Morgan fingerprint density at radius 2 is 1.63 bits per heavy atom. The van der Waals surface area contributed by atoms with Gasteiger partial charge in [0, 0.05) is 23.6 Å². The van der Waals surface area contributed by atoms with Gasteiger partial charge in [0.1, 0.15) is 11.3 Å². The van der Waals surface area contributed by atoms with E-state index in [1.54, 1.807) is 19.1 Å². The Morgan fingerprint density at radius 3 is 2.13 bits per heavy atom. The number of hydrogen-bond donors (Lipinski definition) is 2. The van der Waals surface area contributed by atoms with Gasteiger partial charge in [0.15, 0.2) is 15.6 Å². The second-order valence-corrected chi connectivity index (χ2v) is 10.2. The Labute approximate surface area is 174 Å². The SMILES string of the molecule is Cc1c(C(=O)c2c[nH]n(C(C)(C)C)c2=O)ccc(S(C)(=O)=O)c1-c1ccc(O)cc1. The molecule has 0 atom stereocenters. The largest absolute Gasteiger partial charge is 0.508 e. The highest BCUT2D eigenvalue weighted by Gasteiger charge is 2.26. The van der Waals surface area contributed by atoms with Gasteiger partial charge in [0.05, 0.1) is 10.4 Å². The fourth-order valence-electron chi connectivity index (χ4n) is 3.40. The summed E-state index contributed by atoms with van der Waals surface area (Å²) in [4.78, 5) is 26.0. The summed E-state index contributed by atoms with van der Waals surface area (Å²) >= 11 is 0. The van der Waals surface area contributed by atoms with Crippen LogP contribution in [0.1, 0.15) is 42.3 Å². The molecule has 8 heteroatoms. The van der Waals surface area contributed by atoms with Crippen molar-refractivity contribution < 1.29 is 18.3 Å². The molecule has 0 radical (unpaired) electrons. The molecule has 30 heavy (non-hydrogen) atoms. The number of carbonyl (C=O) groups excluding carboxylic acids is 1. The van der Waals surface area contributed by atoms with Crippen LogP contribution in [-0.2, 0) is 15.4 Å². The maximum atomic E-state index is 13.2. The van der Waals surface area contributed by atoms with E-state index in [4.69, 9.17) is 0 Å². The summed E-state index contributed by atoms with van der Waals surface area (Å²) in [5, 5.41) is 12.4. The molecule has 0 amide bonds. The fraction of sp³-hybridized carbons (Fsp3) is 0.273. The predicted molar refractivity (Wildman–Crippen MR) is 115 cm³/mol. The molecule has 0 bridgehead atoms. The van der Waals surface area contributed by atoms with Crippen molar-refractivity contribution in [2.75, 3.05) is 6.26 Å². The maximum Gasteiger partial charge on any atom is 0.278 e. The third-order valence-electron chi connectivity index (χ3n) is 4.91. The van der Waals surface area contributed by atoms with Crippen LogP contribution < -0.4 is 5.56 Å². The molecule has 0 aliphatic rings. The molecule has 1 aromatic heterocycles. The van der Waals surface area contributed by atoms with Crippen LogP contribution in [0.3, 0.4) is 0 Å². The van der Waals surface area contributed by atoms with Crippen LogP contribution in [0.25, 0.3) is 11.1 Å². The topological polar surface area (TPSA) is 109 Å². The molecule has 7 nitrogen and oxygen atoms in total. The van der Waals surface area contributed by atoms with Gasteiger partial charge < -0.3 is 10.2 Å². The van der Waals surface area contributed by atoms with E-state index in [9.17, 15) is 23.1 Å². The molecule has 2 N–H and O–H groups in total. The van der Waals surface area contributed by atoms with Crippen LogP contribution in [0, 0.1) is 6.92 Å². The normalized spacial score (nSPS) is 12.2. The molecule has 0 unspecified atom stereocenters. The molecule has 2 aromatic carbocycles. The average molecular weight is 429 g/mol. The monoisotopic (exact) mass is 428 g/mol. The summed E-state index contributed by atoms with van der Waals surface area (Å²) in [6, 6.07) is 8.89. The fourth-order valence-corrected chi connectivity index (χ4v) is 4.36. The van der Waals surface area contributed by atoms with Crippen molar-refractivity contribution in [1.82, 2.24) is 9.78 Å². The summed E-state index contributed by atoms with van der Waals surface area (Å²) in [6.07, 6.45) is 2.47. The highest BCUT2D eigenvalue weighted by Crippen LogP contribution is 2.34. The first-order valence-corrected chi connectivity index (χ1v) is 11.2. The van der Waals surface area contributed by atoms with E-state index in [1.165, 1.54) is 35.1 Å². The molecular weight excluding hydrogens is 404 g/mol. The van der Waals surface area contributed by atoms with Crippen LogP contribution in [-0.4, -0.2) is 35.3 Å². The van der Waals surface area contributed by atoms with Crippen LogP contribution in [0.5, 0.6) is 5.75 Å². The number of aromatic amines is 1. The number of phenols is 1. The molecule has 3 aromatic rings. The lowest BCUT2D eigenvalue weighted by Crippen LogP contribution is -2.34. The Morgan fingerprint density at radius 1 is 1.03 bits per heavy atom. The van der Waals surface area contributed by atoms with Gasteiger partial charge in [-0.3, -0.25) is 9.59 Å². The zero-order valence-electron chi connectivity index (χ0n) is 17.5. The molecule has 158 valence electrons. The highest BCUT2D eigenvalue weighted by atomic mass is 32.2. The maximum absolute atomic E-state index is 13.2. The number of hydrogen-bond acceptors (Lipinski definition) is 5. The number of aromatic hydroxyl groups is 1. The second kappa shape index (κ2) is 7.28. The van der Waals surface area contributed by atoms with Crippen molar-refractivity contribution in [3.8, 4) is 16.9 Å². The van der Waals surface area contributed by atoms with Gasteiger partial charge in [-0.2, -0.15) is 0 Å². The lowest BCUT2D eigenvalue weighted by atomic mass is 9.93. The van der Waals surface area contributed by atoms with Crippen molar-refractivity contribution >= 4 is 15.6 Å². The number of rotatable bonds is 4. The van der Waals surface area contributed by atoms with Crippen LogP contribution in [0.4, 0.5) is 0 Å². The van der Waals surface area contributed by atoms with Gasteiger partial charge >= 0.3 is 0 Å². The van der Waals surface area contributed by atoms with Crippen LogP contribution in [0.15, 0.2) is 52.3 Å². The second-order valence-electron chi connectivity index (χ2n) is 8.26. The van der Waals surface area contributed by atoms with Gasteiger partial charge in [0.25, 0.3) is 5.56 Å². The van der Waals surface area contributed by atoms with Crippen molar-refractivity contribution in [1.29, 1.82) is 0 Å². The molecule has 3 rings (SSSR count). The summed E-state index contributed by atoms with van der Waals surface area (Å²) in [5.74, 6) is -0.448. The summed E-state index contributed by atoms with van der Waals surface area (Å²) in [6.45, 7) is 7.18. The van der Waals surface area contributed by atoms with Gasteiger partial charge in [-0.05, 0) is 63.1 Å². The predicted octanol–water partition coefficient (Wildman–Crippen LogP) is 3.25. The molecule has 0 aliphatic heterocycles. The molecular formula is C22H24N2O5S. The molecule has 0 saturated heterocycles. The zero-order chi connectivity index (χ0) is 22.4.